The number of nitrogens with zero attached hydrogens (tertiary/aromatic N) is 2. The Kier molecular flexibility index (Phi) is 6.63. The molecule has 0 bridgehead atoms. The molecule has 1 heterocycles. The third kappa shape index (κ3) is 4.64. The molecule has 29 heavy (non-hydrogen) atoms. The van der Waals surface area contributed by atoms with Gasteiger partial charge in [-0.25, -0.2) is 0 Å². The van der Waals surface area contributed by atoms with Crippen molar-refractivity contribution in [1.29, 1.82) is 0 Å². The molecule has 0 saturated carbocycles. The molecule has 2 aromatic rings. The van der Waals surface area contributed by atoms with E-state index in [1.807, 2.05) is 6.92 Å². The molecule has 4 heteroatoms. The highest BCUT2D eigenvalue weighted by Crippen LogP contribution is 2.28. The van der Waals surface area contributed by atoms with Gasteiger partial charge in [0.1, 0.15) is 0 Å². The van der Waals surface area contributed by atoms with Crippen molar-refractivity contribution in [1.82, 2.24) is 4.90 Å². The normalized spacial score (nSPS) is 16.2. The molecule has 0 radical (unpaired) electrons. The van der Waals surface area contributed by atoms with Crippen LogP contribution < -0.4 is 10.2 Å². The zero-order valence-electron chi connectivity index (χ0n) is 18.7. The summed E-state index contributed by atoms with van der Waals surface area (Å²) in [5, 5.41) is 3.22. The van der Waals surface area contributed by atoms with E-state index in [-0.39, 0.29) is 11.9 Å². The molecule has 1 N–H and O–H groups in total. The lowest BCUT2D eigenvalue weighted by molar-refractivity contribution is -0.120. The minimum Gasteiger partial charge on any atom is -0.369 e. The minimum absolute atomic E-state index is 0.0846. The second-order valence-electron chi connectivity index (χ2n) is 8.60. The summed E-state index contributed by atoms with van der Waals surface area (Å²) in [5.41, 5.74) is 7.31. The maximum absolute atomic E-state index is 13.0. The number of benzene rings is 2. The number of hydrogen-bond acceptors (Lipinski definition) is 3. The van der Waals surface area contributed by atoms with Gasteiger partial charge in [-0.1, -0.05) is 44.2 Å². The van der Waals surface area contributed by atoms with Crippen LogP contribution in [0.2, 0.25) is 0 Å². The third-order valence-electron chi connectivity index (χ3n) is 6.33. The first-order valence-electron chi connectivity index (χ1n) is 10.7. The van der Waals surface area contributed by atoms with Crippen molar-refractivity contribution in [2.75, 3.05) is 36.4 Å². The number of hydrogen-bond donors (Lipinski definition) is 1. The van der Waals surface area contributed by atoms with Gasteiger partial charge in [0.2, 0.25) is 5.91 Å². The maximum atomic E-state index is 13.0. The lowest BCUT2D eigenvalue weighted by Crippen LogP contribution is -2.53. The zero-order valence-corrected chi connectivity index (χ0v) is 18.7. The third-order valence-corrected chi connectivity index (χ3v) is 6.33. The van der Waals surface area contributed by atoms with E-state index >= 15 is 0 Å². The van der Waals surface area contributed by atoms with Crippen molar-refractivity contribution in [3.8, 4) is 0 Å². The van der Waals surface area contributed by atoms with E-state index in [4.69, 9.17) is 0 Å². The van der Waals surface area contributed by atoms with E-state index < -0.39 is 0 Å². The van der Waals surface area contributed by atoms with E-state index in [9.17, 15) is 4.79 Å². The van der Waals surface area contributed by atoms with Crippen LogP contribution in [0.5, 0.6) is 0 Å². The number of carbonyl (C=O) groups is 1. The fraction of sp³-hybridized carbons (Fsp3) is 0.480. The molecular weight excluding hydrogens is 358 g/mol. The van der Waals surface area contributed by atoms with Crippen LogP contribution in [0.1, 0.15) is 48.9 Å². The molecule has 1 aliphatic rings. The number of aryl methyl sites for hydroxylation is 2. The smallest absolute Gasteiger partial charge is 0.241 e. The standard InChI is InChI=1S/C25H35N3O/c1-17(2)22-11-7-10-19(4)24(22)26-25(29)21(6)27-13-15-28(16-14-27)23-12-8-9-18(3)20(23)5/h7-12,17,21H,13-16H2,1-6H3,(H,26,29)/t21-/m0/s1. The SMILES string of the molecule is Cc1cccc(N2CCN([C@@H](C)C(=O)Nc3c(C)cccc3C(C)C)CC2)c1C. The van der Waals surface area contributed by atoms with Crippen LogP contribution in [0.4, 0.5) is 11.4 Å². The highest BCUT2D eigenvalue weighted by Gasteiger charge is 2.27. The quantitative estimate of drug-likeness (QED) is 0.786. The Morgan fingerprint density at radius 1 is 0.897 bits per heavy atom. The predicted octanol–water partition coefficient (Wildman–Crippen LogP) is 4.88. The van der Waals surface area contributed by atoms with Crippen molar-refractivity contribution >= 4 is 17.3 Å². The summed E-state index contributed by atoms with van der Waals surface area (Å²) >= 11 is 0. The van der Waals surface area contributed by atoms with E-state index in [0.29, 0.717) is 5.92 Å². The average Bonchev–Trinajstić information content (AvgIpc) is 2.71. The molecular formula is C25H35N3O. The number of piperazine rings is 1. The molecule has 2 aromatic carbocycles. The van der Waals surface area contributed by atoms with Gasteiger partial charge >= 0.3 is 0 Å². The number of para-hydroxylation sites is 1. The second kappa shape index (κ2) is 9.00. The maximum Gasteiger partial charge on any atom is 0.241 e. The molecule has 1 fully saturated rings. The first-order chi connectivity index (χ1) is 13.8. The molecule has 0 spiro atoms. The first-order valence-corrected chi connectivity index (χ1v) is 10.7. The Morgan fingerprint density at radius 2 is 1.52 bits per heavy atom. The van der Waals surface area contributed by atoms with Gasteiger partial charge < -0.3 is 10.2 Å². The molecule has 156 valence electrons. The lowest BCUT2D eigenvalue weighted by atomic mass is 9.98. The summed E-state index contributed by atoms with van der Waals surface area (Å²) in [7, 11) is 0. The van der Waals surface area contributed by atoms with Crippen LogP contribution >= 0.6 is 0 Å². The number of amides is 1. The Bertz CT molecular complexity index is 866. The summed E-state index contributed by atoms with van der Waals surface area (Å²) in [6.45, 7) is 16.5. The fourth-order valence-corrected chi connectivity index (χ4v) is 4.16. The van der Waals surface area contributed by atoms with Gasteiger partial charge in [-0.15, -0.1) is 0 Å². The molecule has 3 rings (SSSR count). The number of carbonyl (C=O) groups excluding carboxylic acids is 1. The Balaban J connectivity index is 1.65. The van der Waals surface area contributed by atoms with Crippen LogP contribution in [0.3, 0.4) is 0 Å². The molecule has 4 nitrogen and oxygen atoms in total. The van der Waals surface area contributed by atoms with Crippen LogP contribution in [-0.4, -0.2) is 43.0 Å². The fourth-order valence-electron chi connectivity index (χ4n) is 4.16. The van der Waals surface area contributed by atoms with Gasteiger partial charge in [-0.3, -0.25) is 9.69 Å². The first kappa shape index (κ1) is 21.4. The summed E-state index contributed by atoms with van der Waals surface area (Å²) in [6.07, 6.45) is 0. The molecule has 0 unspecified atom stereocenters. The van der Waals surface area contributed by atoms with E-state index in [2.05, 4.69) is 86.1 Å². The van der Waals surface area contributed by atoms with E-state index in [0.717, 1.165) is 37.4 Å². The highest BCUT2D eigenvalue weighted by molar-refractivity contribution is 5.96. The van der Waals surface area contributed by atoms with Gasteiger partial charge in [0.05, 0.1) is 6.04 Å². The Labute approximate surface area is 175 Å². The Morgan fingerprint density at radius 3 is 2.17 bits per heavy atom. The molecule has 1 aliphatic heterocycles. The van der Waals surface area contributed by atoms with Crippen LogP contribution in [0, 0.1) is 20.8 Å². The summed E-state index contributed by atoms with van der Waals surface area (Å²) in [6, 6.07) is 12.6. The van der Waals surface area contributed by atoms with Crippen molar-refractivity contribution in [3.63, 3.8) is 0 Å². The monoisotopic (exact) mass is 393 g/mol. The molecule has 1 saturated heterocycles. The predicted molar refractivity (Wildman–Crippen MR) is 123 cm³/mol. The molecule has 1 amide bonds. The number of anilines is 2. The molecule has 0 aromatic heterocycles. The summed E-state index contributed by atoms with van der Waals surface area (Å²) in [5.74, 6) is 0.461. The van der Waals surface area contributed by atoms with Crippen molar-refractivity contribution in [3.05, 3.63) is 58.7 Å². The number of rotatable bonds is 5. The van der Waals surface area contributed by atoms with E-state index in [1.165, 1.54) is 22.4 Å². The topological polar surface area (TPSA) is 35.6 Å². The van der Waals surface area contributed by atoms with Crippen molar-refractivity contribution in [2.45, 2.75) is 53.5 Å². The molecule has 1 atom stereocenters. The van der Waals surface area contributed by atoms with Crippen molar-refractivity contribution < 1.29 is 4.79 Å². The Hall–Kier alpha value is -2.33. The van der Waals surface area contributed by atoms with Gasteiger partial charge in [-0.05, 0) is 61.9 Å². The minimum atomic E-state index is -0.143. The van der Waals surface area contributed by atoms with E-state index in [1.54, 1.807) is 0 Å². The van der Waals surface area contributed by atoms with Crippen molar-refractivity contribution in [2.24, 2.45) is 0 Å². The molecule has 0 aliphatic carbocycles. The van der Waals surface area contributed by atoms with Crippen LogP contribution in [0.15, 0.2) is 36.4 Å². The summed E-state index contributed by atoms with van der Waals surface area (Å²) in [4.78, 5) is 17.8. The van der Waals surface area contributed by atoms with Crippen LogP contribution in [-0.2, 0) is 4.79 Å². The average molecular weight is 394 g/mol. The largest absolute Gasteiger partial charge is 0.369 e. The zero-order chi connectivity index (χ0) is 21.1. The highest BCUT2D eigenvalue weighted by atomic mass is 16.2. The lowest BCUT2D eigenvalue weighted by Gasteiger charge is -2.39. The van der Waals surface area contributed by atoms with Crippen LogP contribution in [0.25, 0.3) is 0 Å². The van der Waals surface area contributed by atoms with Gasteiger partial charge in [0.25, 0.3) is 0 Å². The van der Waals surface area contributed by atoms with Gasteiger partial charge in [0, 0.05) is 37.6 Å². The van der Waals surface area contributed by atoms with Gasteiger partial charge in [-0.2, -0.15) is 0 Å². The second-order valence-corrected chi connectivity index (χ2v) is 8.60. The van der Waals surface area contributed by atoms with Gasteiger partial charge in [0.15, 0.2) is 0 Å². The summed E-state index contributed by atoms with van der Waals surface area (Å²) < 4.78 is 0. The number of nitrogens with one attached hydrogen (secondary N) is 1.